The Hall–Kier alpha value is -2.34. The van der Waals surface area contributed by atoms with Crippen LogP contribution in [0.1, 0.15) is 34.3 Å². The zero-order chi connectivity index (χ0) is 18.4. The molecule has 1 aromatic heterocycles. The molecule has 6 heteroatoms. The lowest BCUT2D eigenvalue weighted by molar-refractivity contribution is -0.141. The molecule has 0 saturated carbocycles. The number of thiophene rings is 1. The predicted molar refractivity (Wildman–Crippen MR) is 99.4 cm³/mol. The Kier molecular flexibility index (Phi) is 6.58. The van der Waals surface area contributed by atoms with Gasteiger partial charge in [0.2, 0.25) is 0 Å². The topological polar surface area (TPSA) is 75.6 Å². The Bertz CT molecular complexity index is 736. The minimum Gasteiger partial charge on any atom is -0.497 e. The number of hydrogen-bond acceptors (Lipinski definition) is 4. The molecule has 2 N–H and O–H groups in total. The van der Waals surface area contributed by atoms with Crippen LogP contribution in [0.3, 0.4) is 0 Å². The summed E-state index contributed by atoms with van der Waals surface area (Å²) in [5, 5.41) is 11.9. The van der Waals surface area contributed by atoms with Gasteiger partial charge in [-0.25, -0.2) is 0 Å². The van der Waals surface area contributed by atoms with E-state index in [1.54, 1.807) is 7.11 Å². The van der Waals surface area contributed by atoms with Gasteiger partial charge in [-0.2, -0.15) is 0 Å². The zero-order valence-electron chi connectivity index (χ0n) is 14.7. The lowest BCUT2D eigenvalue weighted by atomic mass is 10.0. The van der Waals surface area contributed by atoms with Gasteiger partial charge in [0.05, 0.1) is 17.9 Å². The van der Waals surface area contributed by atoms with Gasteiger partial charge >= 0.3 is 5.97 Å². The minimum atomic E-state index is -0.872. The molecule has 1 amide bonds. The Morgan fingerprint density at radius 1 is 1.28 bits per heavy atom. The summed E-state index contributed by atoms with van der Waals surface area (Å²) < 4.78 is 5.16. The van der Waals surface area contributed by atoms with Gasteiger partial charge in [-0.3, -0.25) is 9.59 Å². The Morgan fingerprint density at radius 3 is 2.52 bits per heavy atom. The first-order chi connectivity index (χ1) is 12.0. The fourth-order valence-electron chi connectivity index (χ4n) is 2.62. The second kappa shape index (κ2) is 8.67. The number of hydrogen-bond donors (Lipinski definition) is 2. The maximum absolute atomic E-state index is 12.4. The Labute approximate surface area is 151 Å². The first-order valence-electron chi connectivity index (χ1n) is 8.22. The van der Waals surface area contributed by atoms with E-state index in [1.807, 2.05) is 44.2 Å². The van der Waals surface area contributed by atoms with Crippen molar-refractivity contribution < 1.29 is 19.4 Å². The molecule has 0 saturated heterocycles. The van der Waals surface area contributed by atoms with E-state index in [9.17, 15) is 9.59 Å². The third-order valence-electron chi connectivity index (χ3n) is 4.04. The molecule has 0 spiro atoms. The number of carbonyl (C=O) groups excluding carboxylic acids is 1. The normalized spacial score (nSPS) is 11.8. The van der Waals surface area contributed by atoms with Crippen molar-refractivity contribution in [2.45, 2.75) is 26.7 Å². The molecule has 134 valence electrons. The van der Waals surface area contributed by atoms with Gasteiger partial charge in [0.15, 0.2) is 0 Å². The maximum atomic E-state index is 12.4. The molecule has 1 aromatic carbocycles. The van der Waals surface area contributed by atoms with Gasteiger partial charge in [-0.05, 0) is 42.7 Å². The van der Waals surface area contributed by atoms with Crippen molar-refractivity contribution in [3.63, 3.8) is 0 Å². The average molecular weight is 361 g/mol. The molecule has 25 heavy (non-hydrogen) atoms. The van der Waals surface area contributed by atoms with Crippen molar-refractivity contribution in [3.05, 3.63) is 40.1 Å². The number of benzene rings is 1. The zero-order valence-corrected chi connectivity index (χ0v) is 15.5. The summed E-state index contributed by atoms with van der Waals surface area (Å²) in [4.78, 5) is 25.2. The molecule has 0 fully saturated rings. The third-order valence-corrected chi connectivity index (χ3v) is 5.09. The van der Waals surface area contributed by atoms with Gasteiger partial charge in [0.1, 0.15) is 5.75 Å². The standard InChI is InChI=1S/C19H23NO4S/c1-4-5-14(19(22)23)11-20-18(21)17-10-16(12(2)25-17)13-6-8-15(24-3)9-7-13/h6-10,14H,4-5,11H2,1-3H3,(H,20,21)(H,22,23). The van der Waals surface area contributed by atoms with Crippen LogP contribution < -0.4 is 10.1 Å². The van der Waals surface area contributed by atoms with E-state index in [4.69, 9.17) is 9.84 Å². The van der Waals surface area contributed by atoms with Crippen LogP contribution in [0.4, 0.5) is 0 Å². The van der Waals surface area contributed by atoms with Crippen molar-refractivity contribution in [2.24, 2.45) is 5.92 Å². The third kappa shape index (κ3) is 4.82. The van der Waals surface area contributed by atoms with Crippen LogP contribution in [0.25, 0.3) is 11.1 Å². The van der Waals surface area contributed by atoms with Crippen LogP contribution in [0.15, 0.2) is 30.3 Å². The average Bonchev–Trinajstić information content (AvgIpc) is 3.00. The molecule has 1 heterocycles. The summed E-state index contributed by atoms with van der Waals surface area (Å²) in [5.74, 6) is -0.861. The summed E-state index contributed by atoms with van der Waals surface area (Å²) >= 11 is 1.41. The fraction of sp³-hybridized carbons (Fsp3) is 0.368. The highest BCUT2D eigenvalue weighted by Crippen LogP contribution is 2.32. The molecule has 1 unspecified atom stereocenters. The second-order valence-electron chi connectivity index (χ2n) is 5.84. The molecule has 0 bridgehead atoms. The smallest absolute Gasteiger partial charge is 0.308 e. The van der Waals surface area contributed by atoms with Crippen LogP contribution >= 0.6 is 11.3 Å². The lowest BCUT2D eigenvalue weighted by Crippen LogP contribution is -2.32. The minimum absolute atomic E-state index is 0.150. The van der Waals surface area contributed by atoms with Crippen molar-refractivity contribution in [1.29, 1.82) is 0 Å². The number of carbonyl (C=O) groups is 2. The number of rotatable bonds is 8. The SMILES string of the molecule is CCCC(CNC(=O)c1cc(-c2ccc(OC)cc2)c(C)s1)C(=O)O. The number of nitrogens with one attached hydrogen (secondary N) is 1. The highest BCUT2D eigenvalue weighted by atomic mass is 32.1. The molecule has 5 nitrogen and oxygen atoms in total. The predicted octanol–water partition coefficient (Wildman–Crippen LogP) is 3.96. The highest BCUT2D eigenvalue weighted by Gasteiger charge is 2.19. The molecule has 1 atom stereocenters. The van der Waals surface area contributed by atoms with Crippen molar-refractivity contribution in [2.75, 3.05) is 13.7 Å². The second-order valence-corrected chi connectivity index (χ2v) is 7.10. The molecule has 0 aliphatic heterocycles. The Balaban J connectivity index is 2.10. The maximum Gasteiger partial charge on any atom is 0.308 e. The lowest BCUT2D eigenvalue weighted by Gasteiger charge is -2.11. The van der Waals surface area contributed by atoms with Crippen molar-refractivity contribution in [1.82, 2.24) is 5.32 Å². The first kappa shape index (κ1) is 19.0. The van der Waals surface area contributed by atoms with Crippen LogP contribution in [-0.4, -0.2) is 30.6 Å². The number of carboxylic acid groups (broad SMARTS) is 1. The molecule has 0 aliphatic carbocycles. The summed E-state index contributed by atoms with van der Waals surface area (Å²) in [6, 6.07) is 9.53. The van der Waals surface area contributed by atoms with E-state index in [1.165, 1.54) is 11.3 Å². The van der Waals surface area contributed by atoms with E-state index in [2.05, 4.69) is 5.32 Å². The molecular formula is C19H23NO4S. The number of methoxy groups -OCH3 is 1. The largest absolute Gasteiger partial charge is 0.497 e. The van der Waals surface area contributed by atoms with Crippen molar-refractivity contribution in [3.8, 4) is 16.9 Å². The van der Waals surface area contributed by atoms with Gasteiger partial charge in [-0.1, -0.05) is 25.5 Å². The summed E-state index contributed by atoms with van der Waals surface area (Å²) in [5.41, 5.74) is 2.02. The van der Waals surface area contributed by atoms with Crippen molar-refractivity contribution >= 4 is 23.2 Å². The van der Waals surface area contributed by atoms with E-state index < -0.39 is 11.9 Å². The quantitative estimate of drug-likeness (QED) is 0.746. The van der Waals surface area contributed by atoms with Crippen LogP contribution in [0, 0.1) is 12.8 Å². The highest BCUT2D eigenvalue weighted by molar-refractivity contribution is 7.14. The summed E-state index contributed by atoms with van der Waals surface area (Å²) in [7, 11) is 1.62. The number of aryl methyl sites for hydroxylation is 1. The number of amides is 1. The van der Waals surface area contributed by atoms with Gasteiger partial charge in [0, 0.05) is 11.4 Å². The molecular weight excluding hydrogens is 338 g/mol. The Morgan fingerprint density at radius 2 is 1.96 bits per heavy atom. The van der Waals surface area contributed by atoms with Crippen LogP contribution in [-0.2, 0) is 4.79 Å². The van der Waals surface area contributed by atoms with E-state index in [0.29, 0.717) is 11.3 Å². The van der Waals surface area contributed by atoms with E-state index in [-0.39, 0.29) is 12.5 Å². The first-order valence-corrected chi connectivity index (χ1v) is 9.03. The van der Waals surface area contributed by atoms with E-state index >= 15 is 0 Å². The monoisotopic (exact) mass is 361 g/mol. The van der Waals surface area contributed by atoms with Gasteiger partial charge in [-0.15, -0.1) is 11.3 Å². The number of aliphatic carboxylic acids is 1. The van der Waals surface area contributed by atoms with E-state index in [0.717, 1.165) is 28.2 Å². The van der Waals surface area contributed by atoms with Gasteiger partial charge in [0.25, 0.3) is 5.91 Å². The van der Waals surface area contributed by atoms with Gasteiger partial charge < -0.3 is 15.2 Å². The summed E-state index contributed by atoms with van der Waals surface area (Å²) in [6.07, 6.45) is 1.32. The molecule has 2 aromatic rings. The fourth-order valence-corrected chi connectivity index (χ4v) is 3.57. The van der Waals surface area contributed by atoms with Crippen LogP contribution in [0.5, 0.6) is 5.75 Å². The number of ether oxygens (including phenoxy) is 1. The molecule has 0 aliphatic rings. The summed E-state index contributed by atoms with van der Waals surface area (Å²) in [6.45, 7) is 4.05. The molecule has 2 rings (SSSR count). The number of carboxylic acids is 1. The van der Waals surface area contributed by atoms with Crippen LogP contribution in [0.2, 0.25) is 0 Å². The molecule has 0 radical (unpaired) electrons.